The van der Waals surface area contributed by atoms with E-state index < -0.39 is 10.0 Å². The fourth-order valence-electron chi connectivity index (χ4n) is 2.89. The third-order valence-electron chi connectivity index (χ3n) is 4.56. The molecule has 0 saturated heterocycles. The summed E-state index contributed by atoms with van der Waals surface area (Å²) in [4.78, 5) is 12.6. The molecule has 0 spiro atoms. The number of hydrogen-bond acceptors (Lipinski definition) is 8. The number of ketones is 1. The highest BCUT2D eigenvalue weighted by atomic mass is 32.2. The first-order chi connectivity index (χ1) is 15.9. The Hall–Kier alpha value is -3.63. The summed E-state index contributed by atoms with van der Waals surface area (Å²) in [5.41, 5.74) is 1.56. The Balaban J connectivity index is 1.39. The molecule has 0 saturated carbocycles. The van der Waals surface area contributed by atoms with Gasteiger partial charge in [-0.2, -0.15) is 0 Å². The summed E-state index contributed by atoms with van der Waals surface area (Å²) in [6.07, 6.45) is 0. The van der Waals surface area contributed by atoms with Crippen molar-refractivity contribution >= 4 is 33.3 Å². The summed E-state index contributed by atoms with van der Waals surface area (Å²) < 4.78 is 38.2. The third-order valence-corrected chi connectivity index (χ3v) is 6.78. The highest BCUT2D eigenvalue weighted by molar-refractivity contribution is 7.99. The van der Waals surface area contributed by atoms with Gasteiger partial charge in [0.25, 0.3) is 15.2 Å². The predicted octanol–water partition coefficient (Wildman–Crippen LogP) is 4.52. The standard InChI is InChI=1S/C23H19N3O5S2/c1-30-19-7-5-6-17(14-19)21(27)15-32-23-25-24-22(31-23)16-10-12-18(13-11-16)26-33(28,29)20-8-3-2-4-9-20/h2-14,26H,15H2,1H3. The van der Waals surface area contributed by atoms with Crippen LogP contribution in [0.1, 0.15) is 10.4 Å². The number of hydrogen-bond donors (Lipinski definition) is 1. The summed E-state index contributed by atoms with van der Waals surface area (Å²) in [7, 11) is -2.13. The van der Waals surface area contributed by atoms with E-state index in [-0.39, 0.29) is 27.5 Å². The molecule has 4 aromatic rings. The quantitative estimate of drug-likeness (QED) is 0.274. The van der Waals surface area contributed by atoms with Crippen LogP contribution in [0.4, 0.5) is 5.69 Å². The van der Waals surface area contributed by atoms with Crippen molar-refractivity contribution in [1.82, 2.24) is 10.2 Å². The number of anilines is 1. The molecule has 0 aliphatic rings. The van der Waals surface area contributed by atoms with Gasteiger partial charge in [-0.15, -0.1) is 10.2 Å². The second-order valence-electron chi connectivity index (χ2n) is 6.81. The molecule has 0 aliphatic carbocycles. The lowest BCUT2D eigenvalue weighted by Gasteiger charge is -2.08. The van der Waals surface area contributed by atoms with Crippen LogP contribution in [-0.4, -0.2) is 37.3 Å². The average Bonchev–Trinajstić information content (AvgIpc) is 3.32. The van der Waals surface area contributed by atoms with Gasteiger partial charge >= 0.3 is 0 Å². The zero-order chi connectivity index (χ0) is 23.3. The van der Waals surface area contributed by atoms with E-state index in [4.69, 9.17) is 9.15 Å². The second-order valence-corrected chi connectivity index (χ2v) is 9.42. The highest BCUT2D eigenvalue weighted by Crippen LogP contribution is 2.26. The number of benzene rings is 3. The van der Waals surface area contributed by atoms with Crippen LogP contribution in [0, 0.1) is 0 Å². The van der Waals surface area contributed by atoms with E-state index in [2.05, 4.69) is 14.9 Å². The summed E-state index contributed by atoms with van der Waals surface area (Å²) in [6.45, 7) is 0. The maximum Gasteiger partial charge on any atom is 0.277 e. The molecule has 1 N–H and O–H groups in total. The minimum Gasteiger partial charge on any atom is -0.497 e. The van der Waals surface area contributed by atoms with E-state index in [0.717, 1.165) is 11.8 Å². The topological polar surface area (TPSA) is 111 Å². The highest BCUT2D eigenvalue weighted by Gasteiger charge is 2.15. The average molecular weight is 482 g/mol. The molecule has 3 aromatic carbocycles. The van der Waals surface area contributed by atoms with Gasteiger partial charge < -0.3 is 9.15 Å². The van der Waals surface area contributed by atoms with Crippen LogP contribution in [-0.2, 0) is 10.0 Å². The smallest absolute Gasteiger partial charge is 0.277 e. The molecule has 4 rings (SSSR count). The summed E-state index contributed by atoms with van der Waals surface area (Å²) in [6, 6.07) is 21.6. The first kappa shape index (κ1) is 22.6. The molecule has 0 fully saturated rings. The number of nitrogens with zero attached hydrogens (tertiary/aromatic N) is 2. The molecule has 168 valence electrons. The van der Waals surface area contributed by atoms with Crippen LogP contribution >= 0.6 is 11.8 Å². The maximum atomic E-state index is 12.4. The van der Waals surface area contributed by atoms with Gasteiger partial charge in [0.05, 0.1) is 17.8 Å². The number of carbonyl (C=O) groups is 1. The van der Waals surface area contributed by atoms with E-state index in [1.807, 2.05) is 0 Å². The molecule has 0 radical (unpaired) electrons. The zero-order valence-electron chi connectivity index (χ0n) is 17.5. The predicted molar refractivity (Wildman–Crippen MR) is 125 cm³/mol. The number of sulfonamides is 1. The third kappa shape index (κ3) is 5.60. The molecule has 0 aliphatic heterocycles. The number of aromatic nitrogens is 2. The van der Waals surface area contributed by atoms with Gasteiger partial charge in [0, 0.05) is 16.8 Å². The van der Waals surface area contributed by atoms with Crippen LogP contribution < -0.4 is 9.46 Å². The van der Waals surface area contributed by atoms with Crippen LogP contribution in [0.3, 0.4) is 0 Å². The van der Waals surface area contributed by atoms with E-state index in [0.29, 0.717) is 22.6 Å². The zero-order valence-corrected chi connectivity index (χ0v) is 19.1. The van der Waals surface area contributed by atoms with Crippen LogP contribution in [0.25, 0.3) is 11.5 Å². The van der Waals surface area contributed by atoms with Crippen molar-refractivity contribution in [3.8, 4) is 17.2 Å². The van der Waals surface area contributed by atoms with E-state index in [1.54, 1.807) is 73.8 Å². The molecule has 8 nitrogen and oxygen atoms in total. The molecule has 10 heteroatoms. The molecule has 1 aromatic heterocycles. The molecule has 0 atom stereocenters. The number of nitrogens with one attached hydrogen (secondary N) is 1. The monoisotopic (exact) mass is 481 g/mol. The number of carbonyl (C=O) groups excluding carboxylic acids is 1. The lowest BCUT2D eigenvalue weighted by Crippen LogP contribution is -2.12. The Morgan fingerprint density at radius 2 is 1.76 bits per heavy atom. The first-order valence-corrected chi connectivity index (χ1v) is 12.2. The van der Waals surface area contributed by atoms with Crippen LogP contribution in [0.15, 0.2) is 93.4 Å². The Labute approximate surface area is 195 Å². The van der Waals surface area contributed by atoms with Crippen LogP contribution in [0.5, 0.6) is 5.75 Å². The molecule has 33 heavy (non-hydrogen) atoms. The van der Waals surface area contributed by atoms with Crippen molar-refractivity contribution in [2.45, 2.75) is 10.1 Å². The SMILES string of the molecule is COc1cccc(C(=O)CSc2nnc(-c3ccc(NS(=O)(=O)c4ccccc4)cc3)o2)c1. The fourth-order valence-corrected chi connectivity index (χ4v) is 4.62. The van der Waals surface area contributed by atoms with Crippen molar-refractivity contribution < 1.29 is 22.4 Å². The van der Waals surface area contributed by atoms with Crippen molar-refractivity contribution in [2.75, 3.05) is 17.6 Å². The number of methoxy groups -OCH3 is 1. The minimum absolute atomic E-state index is 0.0892. The second kappa shape index (κ2) is 9.88. The Kier molecular flexibility index (Phi) is 6.76. The molecule has 1 heterocycles. The Bertz CT molecular complexity index is 1350. The number of ether oxygens (including phenoxy) is 1. The number of Topliss-reactive ketones (excluding diaryl/α,β-unsaturated/α-hetero) is 1. The minimum atomic E-state index is -3.67. The molecule has 0 unspecified atom stereocenters. The normalized spacial score (nSPS) is 11.2. The van der Waals surface area contributed by atoms with E-state index in [9.17, 15) is 13.2 Å². The first-order valence-electron chi connectivity index (χ1n) is 9.76. The molecular formula is C23H19N3O5S2. The van der Waals surface area contributed by atoms with Crippen molar-refractivity contribution in [2.24, 2.45) is 0 Å². The molecule has 0 bridgehead atoms. The van der Waals surface area contributed by atoms with Crippen LogP contribution in [0.2, 0.25) is 0 Å². The summed E-state index contributed by atoms with van der Waals surface area (Å²) in [5, 5.41) is 8.24. The van der Waals surface area contributed by atoms with E-state index >= 15 is 0 Å². The van der Waals surface area contributed by atoms with Crippen molar-refractivity contribution in [1.29, 1.82) is 0 Å². The molecular weight excluding hydrogens is 462 g/mol. The van der Waals surface area contributed by atoms with Crippen molar-refractivity contribution in [3.63, 3.8) is 0 Å². The van der Waals surface area contributed by atoms with Crippen molar-refractivity contribution in [3.05, 3.63) is 84.4 Å². The fraction of sp³-hybridized carbons (Fsp3) is 0.0870. The van der Waals surface area contributed by atoms with Gasteiger partial charge in [-0.1, -0.05) is 42.1 Å². The lowest BCUT2D eigenvalue weighted by atomic mass is 10.1. The number of rotatable bonds is 9. The van der Waals surface area contributed by atoms with Gasteiger partial charge in [-0.3, -0.25) is 9.52 Å². The Morgan fingerprint density at radius 3 is 2.48 bits per heavy atom. The molecule has 0 amide bonds. The van der Waals surface area contributed by atoms with Gasteiger partial charge in [-0.25, -0.2) is 8.42 Å². The van der Waals surface area contributed by atoms with Gasteiger partial charge in [0.15, 0.2) is 5.78 Å². The van der Waals surface area contributed by atoms with Gasteiger partial charge in [0.1, 0.15) is 5.75 Å². The van der Waals surface area contributed by atoms with Gasteiger partial charge in [0.2, 0.25) is 5.89 Å². The number of thioether (sulfide) groups is 1. The summed E-state index contributed by atoms with van der Waals surface area (Å²) in [5.74, 6) is 0.924. The summed E-state index contributed by atoms with van der Waals surface area (Å²) >= 11 is 1.14. The van der Waals surface area contributed by atoms with Gasteiger partial charge in [-0.05, 0) is 48.5 Å². The largest absolute Gasteiger partial charge is 0.497 e. The van der Waals surface area contributed by atoms with E-state index in [1.165, 1.54) is 12.1 Å². The lowest BCUT2D eigenvalue weighted by molar-refractivity contribution is 0.102. The maximum absolute atomic E-state index is 12.4. The Morgan fingerprint density at radius 1 is 1.00 bits per heavy atom.